The smallest absolute Gasteiger partial charge is 0.328 e. The molecule has 0 aliphatic heterocycles. The van der Waals surface area contributed by atoms with Gasteiger partial charge in [0.2, 0.25) is 0 Å². The first kappa shape index (κ1) is 15.8. The monoisotopic (exact) mass is 285 g/mol. The Bertz CT molecular complexity index is 541. The summed E-state index contributed by atoms with van der Waals surface area (Å²) in [6.07, 6.45) is 0. The number of nitrogens with one attached hydrogen (secondary N) is 1. The molecule has 9 nitrogen and oxygen atoms in total. The Balaban J connectivity index is 2.88. The molecule has 0 fully saturated rings. The lowest BCUT2D eigenvalue weighted by Gasteiger charge is -2.11. The second kappa shape index (κ2) is 7.36. The van der Waals surface area contributed by atoms with Crippen molar-refractivity contribution in [2.75, 3.05) is 20.3 Å². The van der Waals surface area contributed by atoms with Crippen LogP contribution in [0.1, 0.15) is 10.5 Å². The summed E-state index contributed by atoms with van der Waals surface area (Å²) in [5.41, 5.74) is -0.532. The highest BCUT2D eigenvalue weighted by Crippen LogP contribution is 1.93. The number of hydrogen-bond donors (Lipinski definition) is 3. The lowest BCUT2D eigenvalue weighted by Crippen LogP contribution is -2.44. The molecule has 1 aromatic heterocycles. The third-order valence-corrected chi connectivity index (χ3v) is 2.39. The number of aliphatic hydroxyl groups excluding tert-OH is 1. The molecule has 0 spiro atoms. The molecule has 110 valence electrons. The zero-order valence-electron chi connectivity index (χ0n) is 10.8. The molecular formula is C11H15N3O6. The number of nitrogens with zero attached hydrogens (tertiary/aromatic N) is 2. The molecule has 0 radical (unpaired) electrons. The van der Waals surface area contributed by atoms with E-state index in [9.17, 15) is 14.4 Å². The van der Waals surface area contributed by atoms with Crippen LogP contribution in [0, 0.1) is 0 Å². The average molecular weight is 285 g/mol. The van der Waals surface area contributed by atoms with Crippen molar-refractivity contribution >= 4 is 11.9 Å². The van der Waals surface area contributed by atoms with Crippen molar-refractivity contribution in [1.82, 2.24) is 15.1 Å². The van der Waals surface area contributed by atoms with Gasteiger partial charge in [0.1, 0.15) is 5.69 Å². The fourth-order valence-corrected chi connectivity index (χ4v) is 1.33. The number of hydrogen-bond acceptors (Lipinski definition) is 6. The zero-order chi connectivity index (χ0) is 15.1. The maximum atomic E-state index is 11.8. The van der Waals surface area contributed by atoms with Crippen LogP contribution < -0.4 is 10.9 Å². The molecule has 0 unspecified atom stereocenters. The molecule has 1 amide bonds. The number of ether oxygens (including phenoxy) is 1. The minimum absolute atomic E-state index is 0.125. The summed E-state index contributed by atoms with van der Waals surface area (Å²) in [5, 5.41) is 23.4. The second-order valence-electron chi connectivity index (χ2n) is 3.82. The van der Waals surface area contributed by atoms with E-state index in [2.05, 4.69) is 10.4 Å². The number of amides is 1. The topological polar surface area (TPSA) is 131 Å². The van der Waals surface area contributed by atoms with Gasteiger partial charge in [-0.25, -0.2) is 9.48 Å². The van der Waals surface area contributed by atoms with E-state index in [1.165, 1.54) is 13.2 Å². The summed E-state index contributed by atoms with van der Waals surface area (Å²) in [7, 11) is 1.46. The normalized spacial score (nSPS) is 11.9. The maximum Gasteiger partial charge on any atom is 0.328 e. The Morgan fingerprint density at radius 1 is 1.50 bits per heavy atom. The van der Waals surface area contributed by atoms with Crippen molar-refractivity contribution < 1.29 is 24.5 Å². The molecule has 9 heteroatoms. The number of rotatable bonds is 7. The van der Waals surface area contributed by atoms with Gasteiger partial charge in [-0.2, -0.15) is 5.10 Å². The van der Waals surface area contributed by atoms with Crippen LogP contribution in [-0.2, 0) is 16.1 Å². The molecule has 3 N–H and O–H groups in total. The van der Waals surface area contributed by atoms with Gasteiger partial charge in [0, 0.05) is 13.2 Å². The van der Waals surface area contributed by atoms with Crippen LogP contribution in [-0.4, -0.2) is 58.2 Å². The summed E-state index contributed by atoms with van der Waals surface area (Å²) in [6.45, 7) is -0.338. The Kier molecular flexibility index (Phi) is 5.81. The first-order chi connectivity index (χ1) is 9.49. The van der Waals surface area contributed by atoms with Crippen LogP contribution in [0.5, 0.6) is 0 Å². The molecule has 1 aromatic rings. The highest BCUT2D eigenvalue weighted by Gasteiger charge is 2.20. The van der Waals surface area contributed by atoms with Crippen molar-refractivity contribution in [3.8, 4) is 0 Å². The number of carbonyl (C=O) groups is 2. The average Bonchev–Trinajstić information content (AvgIpc) is 2.43. The number of carbonyl (C=O) groups excluding carboxylic acids is 1. The lowest BCUT2D eigenvalue weighted by molar-refractivity contribution is -0.140. The minimum Gasteiger partial charge on any atom is -0.480 e. The van der Waals surface area contributed by atoms with E-state index in [1.54, 1.807) is 0 Å². The summed E-state index contributed by atoms with van der Waals surface area (Å²) < 4.78 is 5.84. The fourth-order valence-electron chi connectivity index (χ4n) is 1.33. The number of aromatic nitrogens is 2. The van der Waals surface area contributed by atoms with Gasteiger partial charge in [-0.1, -0.05) is 0 Å². The van der Waals surface area contributed by atoms with E-state index in [4.69, 9.17) is 14.9 Å². The Labute approximate surface area is 113 Å². The van der Waals surface area contributed by atoms with Crippen LogP contribution >= 0.6 is 0 Å². The van der Waals surface area contributed by atoms with Gasteiger partial charge in [0.25, 0.3) is 11.5 Å². The van der Waals surface area contributed by atoms with E-state index in [0.29, 0.717) is 0 Å². The van der Waals surface area contributed by atoms with Gasteiger partial charge in [-0.15, -0.1) is 0 Å². The molecule has 20 heavy (non-hydrogen) atoms. The molecule has 0 saturated carbocycles. The standard InChI is InChI=1S/C11H15N3O6/c1-20-5-4-14-9(16)3-2-7(13-14)10(17)12-8(6-15)11(18)19/h2-3,8,15H,4-6H2,1H3,(H,12,17)(H,18,19)/t8-/m1/s1. The minimum atomic E-state index is -1.43. The molecule has 0 bridgehead atoms. The predicted octanol–water partition coefficient (Wildman–Crippen LogP) is -1.93. The van der Waals surface area contributed by atoms with Crippen molar-refractivity contribution in [2.45, 2.75) is 12.6 Å². The van der Waals surface area contributed by atoms with Crippen LogP contribution in [0.25, 0.3) is 0 Å². The van der Waals surface area contributed by atoms with Gasteiger partial charge in [0.15, 0.2) is 6.04 Å². The fraction of sp³-hybridized carbons (Fsp3) is 0.455. The van der Waals surface area contributed by atoms with Crippen molar-refractivity contribution in [3.05, 3.63) is 28.2 Å². The number of carboxylic acid groups (broad SMARTS) is 1. The quantitative estimate of drug-likeness (QED) is 0.531. The Morgan fingerprint density at radius 2 is 2.20 bits per heavy atom. The van der Waals surface area contributed by atoms with Crippen molar-refractivity contribution in [2.24, 2.45) is 0 Å². The van der Waals surface area contributed by atoms with E-state index in [-0.39, 0.29) is 18.8 Å². The maximum absolute atomic E-state index is 11.8. The third-order valence-electron chi connectivity index (χ3n) is 2.39. The first-order valence-corrected chi connectivity index (χ1v) is 5.71. The van der Waals surface area contributed by atoms with Crippen LogP contribution in [0.3, 0.4) is 0 Å². The molecule has 1 atom stereocenters. The zero-order valence-corrected chi connectivity index (χ0v) is 10.8. The highest BCUT2D eigenvalue weighted by atomic mass is 16.5. The Hall–Kier alpha value is -2.26. The first-order valence-electron chi connectivity index (χ1n) is 5.71. The molecule has 1 heterocycles. The molecular weight excluding hydrogens is 270 g/mol. The van der Waals surface area contributed by atoms with Gasteiger partial charge in [-0.3, -0.25) is 9.59 Å². The van der Waals surface area contributed by atoms with Gasteiger partial charge >= 0.3 is 5.97 Å². The van der Waals surface area contributed by atoms with Gasteiger partial charge in [-0.05, 0) is 6.07 Å². The number of aliphatic hydroxyl groups is 1. The number of aliphatic carboxylic acids is 1. The van der Waals surface area contributed by atoms with E-state index in [1.807, 2.05) is 0 Å². The number of methoxy groups -OCH3 is 1. The predicted molar refractivity (Wildman–Crippen MR) is 66.3 cm³/mol. The van der Waals surface area contributed by atoms with Crippen LogP contribution in [0.4, 0.5) is 0 Å². The third kappa shape index (κ3) is 4.14. The van der Waals surface area contributed by atoms with Crippen molar-refractivity contribution in [1.29, 1.82) is 0 Å². The Morgan fingerprint density at radius 3 is 2.75 bits per heavy atom. The van der Waals surface area contributed by atoms with Crippen LogP contribution in [0.15, 0.2) is 16.9 Å². The summed E-state index contributed by atoms with van der Waals surface area (Å²) in [6, 6.07) is 0.896. The van der Waals surface area contributed by atoms with Crippen LogP contribution in [0.2, 0.25) is 0 Å². The summed E-state index contributed by atoms with van der Waals surface area (Å²) in [4.78, 5) is 33.9. The molecule has 0 aliphatic carbocycles. The summed E-state index contributed by atoms with van der Waals surface area (Å²) >= 11 is 0. The second-order valence-corrected chi connectivity index (χ2v) is 3.82. The largest absolute Gasteiger partial charge is 0.480 e. The summed E-state index contributed by atoms with van der Waals surface area (Å²) in [5.74, 6) is -2.16. The van der Waals surface area contributed by atoms with E-state index >= 15 is 0 Å². The molecule has 1 rings (SSSR count). The van der Waals surface area contributed by atoms with E-state index < -0.39 is 30.1 Å². The molecule has 0 saturated heterocycles. The highest BCUT2D eigenvalue weighted by molar-refractivity contribution is 5.94. The van der Waals surface area contributed by atoms with Crippen molar-refractivity contribution in [3.63, 3.8) is 0 Å². The van der Waals surface area contributed by atoms with Gasteiger partial charge < -0.3 is 20.3 Å². The lowest BCUT2D eigenvalue weighted by atomic mass is 10.3. The van der Waals surface area contributed by atoms with Gasteiger partial charge in [0.05, 0.1) is 19.8 Å². The molecule has 0 aliphatic rings. The number of carboxylic acids is 1. The SMILES string of the molecule is COCCn1nc(C(=O)N[C@H](CO)C(=O)O)ccc1=O. The molecule has 0 aromatic carbocycles. The van der Waals surface area contributed by atoms with E-state index in [0.717, 1.165) is 10.7 Å².